The van der Waals surface area contributed by atoms with Gasteiger partial charge in [-0.25, -0.2) is 14.8 Å². The molecule has 0 aliphatic heterocycles. The molecule has 1 rings (SSSR count). The van der Waals surface area contributed by atoms with Crippen LogP contribution in [0.1, 0.15) is 6.42 Å². The summed E-state index contributed by atoms with van der Waals surface area (Å²) in [6.45, 7) is 0. The second-order valence-corrected chi connectivity index (χ2v) is 2.52. The SMILES string of the molecule is C#CCC(Nc1ncccn1)C(=O)O. The van der Waals surface area contributed by atoms with Gasteiger partial charge >= 0.3 is 5.97 Å². The van der Waals surface area contributed by atoms with E-state index in [1.807, 2.05) is 0 Å². The molecular formula is C9H9N3O2. The molecule has 2 N–H and O–H groups in total. The van der Waals surface area contributed by atoms with Crippen LogP contribution in [-0.2, 0) is 4.79 Å². The molecule has 0 saturated carbocycles. The van der Waals surface area contributed by atoms with Crippen molar-refractivity contribution in [2.45, 2.75) is 12.5 Å². The number of hydrogen-bond acceptors (Lipinski definition) is 4. The van der Waals surface area contributed by atoms with Crippen LogP contribution in [0, 0.1) is 12.3 Å². The molecule has 0 saturated heterocycles. The van der Waals surface area contributed by atoms with Crippen LogP contribution < -0.4 is 5.32 Å². The zero-order valence-electron chi connectivity index (χ0n) is 7.34. The molecule has 0 fully saturated rings. The summed E-state index contributed by atoms with van der Waals surface area (Å²) in [5.41, 5.74) is 0. The summed E-state index contributed by atoms with van der Waals surface area (Å²) in [6.07, 6.45) is 8.15. The average molecular weight is 191 g/mol. The Hall–Kier alpha value is -2.09. The van der Waals surface area contributed by atoms with Gasteiger partial charge in [-0.05, 0) is 6.07 Å². The fraction of sp³-hybridized carbons (Fsp3) is 0.222. The first kappa shape index (κ1) is 9.99. The molecular weight excluding hydrogens is 182 g/mol. The summed E-state index contributed by atoms with van der Waals surface area (Å²) >= 11 is 0. The van der Waals surface area contributed by atoms with Crippen LogP contribution in [0.2, 0.25) is 0 Å². The van der Waals surface area contributed by atoms with Crippen molar-refractivity contribution in [3.05, 3.63) is 18.5 Å². The van der Waals surface area contributed by atoms with Crippen molar-refractivity contribution in [2.75, 3.05) is 5.32 Å². The number of hydrogen-bond donors (Lipinski definition) is 2. The summed E-state index contributed by atoms with van der Waals surface area (Å²) in [4.78, 5) is 18.3. The Labute approximate surface area is 81.2 Å². The van der Waals surface area contributed by atoms with E-state index in [0.717, 1.165) is 0 Å². The molecule has 5 heteroatoms. The second kappa shape index (κ2) is 4.82. The largest absolute Gasteiger partial charge is 0.480 e. The van der Waals surface area contributed by atoms with E-state index in [1.165, 1.54) is 12.4 Å². The minimum atomic E-state index is -1.02. The lowest BCUT2D eigenvalue weighted by Crippen LogP contribution is -2.29. The number of carbonyl (C=O) groups is 1. The van der Waals surface area contributed by atoms with Gasteiger partial charge in [0.2, 0.25) is 5.95 Å². The lowest BCUT2D eigenvalue weighted by Gasteiger charge is -2.10. The highest BCUT2D eigenvalue weighted by Gasteiger charge is 2.16. The molecule has 0 aliphatic carbocycles. The second-order valence-electron chi connectivity index (χ2n) is 2.52. The molecule has 1 heterocycles. The minimum absolute atomic E-state index is 0.0909. The Morgan fingerprint density at radius 3 is 2.79 bits per heavy atom. The van der Waals surface area contributed by atoms with E-state index < -0.39 is 12.0 Å². The number of carboxylic acids is 1. The van der Waals surface area contributed by atoms with Gasteiger partial charge in [-0.1, -0.05) is 0 Å². The van der Waals surface area contributed by atoms with Crippen LogP contribution in [0.5, 0.6) is 0 Å². The number of rotatable bonds is 4. The molecule has 0 spiro atoms. The van der Waals surface area contributed by atoms with Gasteiger partial charge in [-0.2, -0.15) is 0 Å². The van der Waals surface area contributed by atoms with E-state index in [-0.39, 0.29) is 12.4 Å². The normalized spacial score (nSPS) is 11.4. The molecule has 1 atom stereocenters. The molecule has 1 aromatic rings. The third kappa shape index (κ3) is 2.75. The summed E-state index contributed by atoms with van der Waals surface area (Å²) in [5, 5.41) is 11.4. The Bertz CT molecular complexity index is 345. The van der Waals surface area contributed by atoms with Crippen LogP contribution in [0.3, 0.4) is 0 Å². The fourth-order valence-electron chi connectivity index (χ4n) is 0.847. The van der Waals surface area contributed by atoms with Crippen LogP contribution in [-0.4, -0.2) is 27.1 Å². The van der Waals surface area contributed by atoms with Gasteiger partial charge in [0.15, 0.2) is 0 Å². The number of terminal acetylenes is 1. The molecule has 1 aromatic heterocycles. The van der Waals surface area contributed by atoms with Gasteiger partial charge in [0.1, 0.15) is 6.04 Å². The number of aliphatic carboxylic acids is 1. The van der Waals surface area contributed by atoms with Crippen molar-refractivity contribution >= 4 is 11.9 Å². The minimum Gasteiger partial charge on any atom is -0.480 e. The smallest absolute Gasteiger partial charge is 0.327 e. The van der Waals surface area contributed by atoms with Gasteiger partial charge in [-0.15, -0.1) is 12.3 Å². The van der Waals surface area contributed by atoms with Gasteiger partial charge < -0.3 is 10.4 Å². The van der Waals surface area contributed by atoms with Crippen LogP contribution >= 0.6 is 0 Å². The summed E-state index contributed by atoms with van der Waals surface area (Å²) < 4.78 is 0. The van der Waals surface area contributed by atoms with Crippen molar-refractivity contribution in [3.8, 4) is 12.3 Å². The number of nitrogens with one attached hydrogen (secondary N) is 1. The van der Waals surface area contributed by atoms with E-state index in [9.17, 15) is 4.79 Å². The van der Waals surface area contributed by atoms with Crippen LogP contribution in [0.15, 0.2) is 18.5 Å². The van der Waals surface area contributed by atoms with Gasteiger partial charge in [0.25, 0.3) is 0 Å². The molecule has 0 radical (unpaired) electrons. The lowest BCUT2D eigenvalue weighted by atomic mass is 10.2. The van der Waals surface area contributed by atoms with Crippen molar-refractivity contribution in [1.29, 1.82) is 0 Å². The van der Waals surface area contributed by atoms with Crippen molar-refractivity contribution < 1.29 is 9.90 Å². The Balaban J connectivity index is 2.66. The maximum absolute atomic E-state index is 10.7. The maximum atomic E-state index is 10.7. The van der Waals surface area contributed by atoms with E-state index in [2.05, 4.69) is 21.2 Å². The standard InChI is InChI=1S/C9H9N3O2/c1-2-4-7(8(13)14)12-9-10-5-3-6-11-9/h1,3,5-7H,4H2,(H,13,14)(H,10,11,12). The van der Waals surface area contributed by atoms with E-state index in [4.69, 9.17) is 11.5 Å². The summed E-state index contributed by atoms with van der Waals surface area (Å²) in [6, 6.07) is 0.796. The number of aromatic nitrogens is 2. The van der Waals surface area contributed by atoms with Crippen molar-refractivity contribution in [2.24, 2.45) is 0 Å². The molecule has 0 amide bonds. The predicted molar refractivity (Wildman–Crippen MR) is 50.5 cm³/mol. The van der Waals surface area contributed by atoms with Crippen molar-refractivity contribution in [3.63, 3.8) is 0 Å². The van der Waals surface area contributed by atoms with Gasteiger partial charge in [0, 0.05) is 18.8 Å². The molecule has 1 unspecified atom stereocenters. The van der Waals surface area contributed by atoms with Gasteiger partial charge in [0.05, 0.1) is 0 Å². The van der Waals surface area contributed by atoms with Crippen LogP contribution in [0.25, 0.3) is 0 Å². The fourth-order valence-corrected chi connectivity index (χ4v) is 0.847. The Morgan fingerprint density at radius 1 is 1.64 bits per heavy atom. The molecule has 0 aliphatic rings. The third-order valence-corrected chi connectivity index (χ3v) is 1.49. The zero-order chi connectivity index (χ0) is 10.4. The molecule has 5 nitrogen and oxygen atoms in total. The highest BCUT2D eigenvalue weighted by molar-refractivity contribution is 5.76. The van der Waals surface area contributed by atoms with E-state index >= 15 is 0 Å². The summed E-state index contributed by atoms with van der Waals surface area (Å²) in [7, 11) is 0. The first-order chi connectivity index (χ1) is 6.74. The highest BCUT2D eigenvalue weighted by atomic mass is 16.4. The first-order valence-electron chi connectivity index (χ1n) is 3.94. The predicted octanol–water partition coefficient (Wildman–Crippen LogP) is 0.365. The third-order valence-electron chi connectivity index (χ3n) is 1.49. The monoisotopic (exact) mass is 191 g/mol. The molecule has 14 heavy (non-hydrogen) atoms. The van der Waals surface area contributed by atoms with E-state index in [1.54, 1.807) is 6.07 Å². The quantitative estimate of drug-likeness (QED) is 0.672. The Kier molecular flexibility index (Phi) is 3.44. The molecule has 0 aromatic carbocycles. The number of anilines is 1. The first-order valence-corrected chi connectivity index (χ1v) is 3.94. The van der Waals surface area contributed by atoms with E-state index in [0.29, 0.717) is 0 Å². The maximum Gasteiger partial charge on any atom is 0.327 e. The lowest BCUT2D eigenvalue weighted by molar-refractivity contribution is -0.137. The van der Waals surface area contributed by atoms with Gasteiger partial charge in [-0.3, -0.25) is 0 Å². The number of carboxylic acid groups (broad SMARTS) is 1. The molecule has 0 bridgehead atoms. The Morgan fingerprint density at radius 2 is 2.29 bits per heavy atom. The molecule has 72 valence electrons. The number of nitrogens with zero attached hydrogens (tertiary/aromatic N) is 2. The average Bonchev–Trinajstić information content (AvgIpc) is 2.18. The topological polar surface area (TPSA) is 75.1 Å². The summed E-state index contributed by atoms with van der Waals surface area (Å²) in [5.74, 6) is 1.51. The highest BCUT2D eigenvalue weighted by Crippen LogP contribution is 2.01. The zero-order valence-corrected chi connectivity index (χ0v) is 7.34. The van der Waals surface area contributed by atoms with Crippen molar-refractivity contribution in [1.82, 2.24) is 9.97 Å². The van der Waals surface area contributed by atoms with Crippen LogP contribution in [0.4, 0.5) is 5.95 Å².